The van der Waals surface area contributed by atoms with Gasteiger partial charge in [0.25, 0.3) is 0 Å². The van der Waals surface area contributed by atoms with Crippen molar-refractivity contribution in [2.24, 2.45) is 0 Å². The number of methoxy groups -OCH3 is 1. The average Bonchev–Trinajstić information content (AvgIpc) is 2.46. The van der Waals surface area contributed by atoms with E-state index in [0.29, 0.717) is 18.2 Å². The highest BCUT2D eigenvalue weighted by Crippen LogP contribution is 2.21. The first-order chi connectivity index (χ1) is 9.31. The number of nitrogens with zero attached hydrogens (tertiary/aromatic N) is 2. The van der Waals surface area contributed by atoms with Crippen LogP contribution in [0.2, 0.25) is 0 Å². The number of hydrogen-bond donors (Lipinski definition) is 1. The first-order valence-electron chi connectivity index (χ1n) is 6.15. The van der Waals surface area contributed by atoms with Crippen molar-refractivity contribution in [3.8, 4) is 17.4 Å². The van der Waals surface area contributed by atoms with Crippen LogP contribution in [0.4, 0.5) is 0 Å². The third-order valence-electron chi connectivity index (χ3n) is 2.50. The highest BCUT2D eigenvalue weighted by molar-refractivity contribution is 5.33. The maximum Gasteiger partial charge on any atom is 0.238 e. The molecule has 5 nitrogen and oxygen atoms in total. The summed E-state index contributed by atoms with van der Waals surface area (Å²) in [5.74, 6) is 1.98. The summed E-state index contributed by atoms with van der Waals surface area (Å²) in [6, 6.07) is 7.34. The zero-order valence-corrected chi connectivity index (χ0v) is 11.1. The minimum absolute atomic E-state index is 0.487. The summed E-state index contributed by atoms with van der Waals surface area (Å²) in [6.45, 7) is 3.62. The molecule has 0 unspecified atom stereocenters. The molecule has 0 aliphatic heterocycles. The standard InChI is InChI=1S/C14H17N3O2/c1-3-15-8-11-9-16-10-14(17-11)19-13-6-4-12(18-2)5-7-13/h4-7,9-10,15H,3,8H2,1-2H3. The van der Waals surface area contributed by atoms with Gasteiger partial charge >= 0.3 is 0 Å². The van der Waals surface area contributed by atoms with Gasteiger partial charge in [-0.25, -0.2) is 4.98 Å². The number of benzene rings is 1. The van der Waals surface area contributed by atoms with E-state index in [4.69, 9.17) is 9.47 Å². The molecule has 1 N–H and O–H groups in total. The van der Waals surface area contributed by atoms with Gasteiger partial charge < -0.3 is 14.8 Å². The molecule has 5 heteroatoms. The molecule has 1 aromatic carbocycles. The minimum Gasteiger partial charge on any atom is -0.497 e. The molecule has 0 aliphatic rings. The maximum absolute atomic E-state index is 5.64. The van der Waals surface area contributed by atoms with Crippen LogP contribution in [-0.4, -0.2) is 23.6 Å². The Labute approximate surface area is 112 Å². The Bertz CT molecular complexity index is 514. The van der Waals surface area contributed by atoms with Crippen LogP contribution in [-0.2, 0) is 6.54 Å². The fraction of sp³-hybridized carbons (Fsp3) is 0.286. The molecular formula is C14H17N3O2. The zero-order chi connectivity index (χ0) is 13.5. The Balaban J connectivity index is 2.05. The van der Waals surface area contributed by atoms with E-state index < -0.39 is 0 Å². The summed E-state index contributed by atoms with van der Waals surface area (Å²) >= 11 is 0. The van der Waals surface area contributed by atoms with Crippen LogP contribution in [0.5, 0.6) is 17.4 Å². The van der Waals surface area contributed by atoms with Crippen molar-refractivity contribution in [3.05, 3.63) is 42.4 Å². The molecule has 0 atom stereocenters. The van der Waals surface area contributed by atoms with Gasteiger partial charge in [0.1, 0.15) is 11.5 Å². The van der Waals surface area contributed by atoms with Gasteiger partial charge in [-0.1, -0.05) is 6.92 Å². The minimum atomic E-state index is 0.487. The molecule has 2 aromatic rings. The van der Waals surface area contributed by atoms with Gasteiger partial charge in [0.05, 0.1) is 19.0 Å². The predicted molar refractivity (Wildman–Crippen MR) is 72.5 cm³/mol. The Morgan fingerprint density at radius 1 is 1.11 bits per heavy atom. The second-order valence-corrected chi connectivity index (χ2v) is 3.91. The summed E-state index contributed by atoms with van der Waals surface area (Å²) in [6.07, 6.45) is 3.32. The molecule has 0 bridgehead atoms. The predicted octanol–water partition coefficient (Wildman–Crippen LogP) is 2.39. The van der Waals surface area contributed by atoms with Crippen molar-refractivity contribution >= 4 is 0 Å². The van der Waals surface area contributed by atoms with Crippen LogP contribution in [0.25, 0.3) is 0 Å². The highest BCUT2D eigenvalue weighted by atomic mass is 16.5. The molecule has 0 aliphatic carbocycles. The first kappa shape index (κ1) is 13.3. The lowest BCUT2D eigenvalue weighted by Gasteiger charge is -2.07. The van der Waals surface area contributed by atoms with Gasteiger partial charge in [0, 0.05) is 12.7 Å². The van der Waals surface area contributed by atoms with Crippen LogP contribution < -0.4 is 14.8 Å². The van der Waals surface area contributed by atoms with Gasteiger partial charge in [-0.15, -0.1) is 0 Å². The topological polar surface area (TPSA) is 56.3 Å². The quantitative estimate of drug-likeness (QED) is 0.863. The molecular weight excluding hydrogens is 242 g/mol. The Morgan fingerprint density at radius 2 is 1.84 bits per heavy atom. The van der Waals surface area contributed by atoms with Crippen molar-refractivity contribution in [2.45, 2.75) is 13.5 Å². The van der Waals surface area contributed by atoms with Crippen LogP contribution in [0.3, 0.4) is 0 Å². The number of rotatable bonds is 6. The van der Waals surface area contributed by atoms with E-state index in [-0.39, 0.29) is 0 Å². The number of hydrogen-bond acceptors (Lipinski definition) is 5. The highest BCUT2D eigenvalue weighted by Gasteiger charge is 2.02. The summed E-state index contributed by atoms with van der Waals surface area (Å²) in [7, 11) is 1.63. The molecule has 100 valence electrons. The summed E-state index contributed by atoms with van der Waals surface area (Å²) in [5, 5.41) is 3.20. The zero-order valence-electron chi connectivity index (χ0n) is 11.1. The molecule has 0 saturated heterocycles. The molecule has 0 spiro atoms. The average molecular weight is 259 g/mol. The van der Waals surface area contributed by atoms with Crippen LogP contribution >= 0.6 is 0 Å². The van der Waals surface area contributed by atoms with E-state index in [1.54, 1.807) is 19.5 Å². The summed E-state index contributed by atoms with van der Waals surface area (Å²) < 4.78 is 10.7. The number of aromatic nitrogens is 2. The van der Waals surface area contributed by atoms with Gasteiger partial charge in [-0.2, -0.15) is 0 Å². The van der Waals surface area contributed by atoms with E-state index in [0.717, 1.165) is 18.0 Å². The van der Waals surface area contributed by atoms with E-state index in [1.165, 1.54) is 0 Å². The van der Waals surface area contributed by atoms with Crippen molar-refractivity contribution in [2.75, 3.05) is 13.7 Å². The Morgan fingerprint density at radius 3 is 2.53 bits per heavy atom. The van der Waals surface area contributed by atoms with Gasteiger partial charge in [0.2, 0.25) is 5.88 Å². The van der Waals surface area contributed by atoms with Gasteiger partial charge in [-0.3, -0.25) is 4.98 Å². The van der Waals surface area contributed by atoms with Crippen molar-refractivity contribution in [3.63, 3.8) is 0 Å². The lowest BCUT2D eigenvalue weighted by Crippen LogP contribution is -2.13. The monoisotopic (exact) mass is 259 g/mol. The number of nitrogens with one attached hydrogen (secondary N) is 1. The molecule has 2 rings (SSSR count). The van der Waals surface area contributed by atoms with E-state index in [9.17, 15) is 0 Å². The lowest BCUT2D eigenvalue weighted by molar-refractivity contribution is 0.412. The van der Waals surface area contributed by atoms with Crippen molar-refractivity contribution in [1.82, 2.24) is 15.3 Å². The Hall–Kier alpha value is -2.14. The van der Waals surface area contributed by atoms with Crippen molar-refractivity contribution in [1.29, 1.82) is 0 Å². The third-order valence-corrected chi connectivity index (χ3v) is 2.50. The molecule has 0 saturated carbocycles. The lowest BCUT2D eigenvalue weighted by atomic mass is 10.3. The Kier molecular flexibility index (Phi) is 4.69. The molecule has 0 fully saturated rings. The molecule has 1 aromatic heterocycles. The fourth-order valence-corrected chi connectivity index (χ4v) is 1.54. The van der Waals surface area contributed by atoms with E-state index in [2.05, 4.69) is 15.3 Å². The second-order valence-electron chi connectivity index (χ2n) is 3.91. The van der Waals surface area contributed by atoms with Gasteiger partial charge in [0.15, 0.2) is 0 Å². The van der Waals surface area contributed by atoms with E-state index >= 15 is 0 Å². The van der Waals surface area contributed by atoms with Crippen LogP contribution in [0.15, 0.2) is 36.7 Å². The normalized spacial score (nSPS) is 10.2. The third kappa shape index (κ3) is 3.93. The van der Waals surface area contributed by atoms with E-state index in [1.807, 2.05) is 31.2 Å². The molecule has 0 amide bonds. The van der Waals surface area contributed by atoms with Crippen LogP contribution in [0, 0.1) is 0 Å². The smallest absolute Gasteiger partial charge is 0.238 e. The van der Waals surface area contributed by atoms with Crippen LogP contribution in [0.1, 0.15) is 12.6 Å². The number of ether oxygens (including phenoxy) is 2. The fourth-order valence-electron chi connectivity index (χ4n) is 1.54. The SMILES string of the molecule is CCNCc1cncc(Oc2ccc(OC)cc2)n1. The van der Waals surface area contributed by atoms with Crippen molar-refractivity contribution < 1.29 is 9.47 Å². The maximum atomic E-state index is 5.64. The summed E-state index contributed by atoms with van der Waals surface area (Å²) in [4.78, 5) is 8.48. The molecule has 19 heavy (non-hydrogen) atoms. The first-order valence-corrected chi connectivity index (χ1v) is 6.15. The molecule has 0 radical (unpaired) electrons. The van der Waals surface area contributed by atoms with Gasteiger partial charge in [-0.05, 0) is 30.8 Å². The largest absolute Gasteiger partial charge is 0.497 e. The summed E-state index contributed by atoms with van der Waals surface area (Å²) in [5.41, 5.74) is 0.855. The second kappa shape index (κ2) is 6.70. The molecule has 1 heterocycles.